The van der Waals surface area contributed by atoms with E-state index in [0.29, 0.717) is 16.9 Å². The summed E-state index contributed by atoms with van der Waals surface area (Å²) in [5.41, 5.74) is 1.50. The number of aliphatic hydroxyl groups excluding tert-OH is 1. The maximum atomic E-state index is 12.4. The lowest BCUT2D eigenvalue weighted by Crippen LogP contribution is -2.03. The van der Waals surface area contributed by atoms with E-state index in [-0.39, 0.29) is 4.88 Å². The number of alkyl halides is 3. The Morgan fingerprint density at radius 1 is 1.33 bits per heavy atom. The van der Waals surface area contributed by atoms with E-state index >= 15 is 0 Å². The van der Waals surface area contributed by atoms with Crippen LogP contribution in [0.2, 0.25) is 0 Å². The molecule has 2 rings (SSSR count). The summed E-state index contributed by atoms with van der Waals surface area (Å²) in [7, 11) is 0. The van der Waals surface area contributed by atoms with Crippen LogP contribution in [0.3, 0.4) is 0 Å². The zero-order valence-electron chi connectivity index (χ0n) is 9.40. The zero-order valence-corrected chi connectivity index (χ0v) is 10.2. The van der Waals surface area contributed by atoms with Crippen molar-refractivity contribution >= 4 is 11.3 Å². The van der Waals surface area contributed by atoms with Crippen LogP contribution in [0.15, 0.2) is 30.5 Å². The molecule has 0 fully saturated rings. The van der Waals surface area contributed by atoms with E-state index in [1.807, 2.05) is 13.0 Å². The molecular formula is C12H10F3NOS. The van der Waals surface area contributed by atoms with Gasteiger partial charge in [-0.15, -0.1) is 11.3 Å². The van der Waals surface area contributed by atoms with Crippen molar-refractivity contribution in [1.82, 2.24) is 4.98 Å². The molecule has 2 nitrogen and oxygen atoms in total. The van der Waals surface area contributed by atoms with Crippen molar-refractivity contribution in [3.63, 3.8) is 0 Å². The van der Waals surface area contributed by atoms with Gasteiger partial charge in [0.25, 0.3) is 0 Å². The molecule has 0 aliphatic heterocycles. The van der Waals surface area contributed by atoms with Crippen molar-refractivity contribution in [3.05, 3.63) is 51.5 Å². The van der Waals surface area contributed by atoms with Crippen LogP contribution in [0.5, 0.6) is 0 Å². The summed E-state index contributed by atoms with van der Waals surface area (Å²) in [6.07, 6.45) is -4.46. The Labute approximate surface area is 106 Å². The average molecular weight is 273 g/mol. The van der Waals surface area contributed by atoms with Crippen LogP contribution in [-0.2, 0) is 6.18 Å². The molecule has 0 bridgehead atoms. The average Bonchev–Trinajstić information content (AvgIpc) is 2.77. The number of aromatic nitrogens is 1. The maximum Gasteiger partial charge on any atom is 0.443 e. The Balaban J connectivity index is 2.29. The van der Waals surface area contributed by atoms with Gasteiger partial charge in [0.05, 0.1) is 4.88 Å². The number of nitrogens with zero attached hydrogens (tertiary/aromatic N) is 1. The number of benzene rings is 1. The third-order valence-corrected chi connectivity index (χ3v) is 3.49. The highest BCUT2D eigenvalue weighted by atomic mass is 32.1. The predicted octanol–water partition coefficient (Wildman–Crippen LogP) is 3.55. The molecule has 96 valence electrons. The van der Waals surface area contributed by atoms with Gasteiger partial charge >= 0.3 is 6.18 Å². The first-order chi connectivity index (χ1) is 8.38. The van der Waals surface area contributed by atoms with Crippen LogP contribution >= 0.6 is 11.3 Å². The summed E-state index contributed by atoms with van der Waals surface area (Å²) in [5.74, 6) is 0. The quantitative estimate of drug-likeness (QED) is 0.907. The Morgan fingerprint density at radius 3 is 2.61 bits per heavy atom. The summed E-state index contributed by atoms with van der Waals surface area (Å²) in [6.45, 7) is 1.85. The van der Waals surface area contributed by atoms with Crippen LogP contribution in [-0.4, -0.2) is 10.1 Å². The van der Waals surface area contributed by atoms with Gasteiger partial charge in [0.1, 0.15) is 6.10 Å². The molecule has 18 heavy (non-hydrogen) atoms. The van der Waals surface area contributed by atoms with Gasteiger partial charge < -0.3 is 5.11 Å². The van der Waals surface area contributed by atoms with Gasteiger partial charge in [-0.3, -0.25) is 0 Å². The number of hydrogen-bond acceptors (Lipinski definition) is 3. The van der Waals surface area contributed by atoms with E-state index in [4.69, 9.17) is 0 Å². The van der Waals surface area contributed by atoms with Crippen molar-refractivity contribution in [3.8, 4) is 0 Å². The molecule has 0 amide bonds. The molecule has 1 aromatic carbocycles. The lowest BCUT2D eigenvalue weighted by molar-refractivity contribution is -0.137. The Bertz CT molecular complexity index is 550. The summed E-state index contributed by atoms with van der Waals surface area (Å²) in [6, 6.07) is 7.01. The predicted molar refractivity (Wildman–Crippen MR) is 62.4 cm³/mol. The van der Waals surface area contributed by atoms with Crippen LogP contribution < -0.4 is 0 Å². The van der Waals surface area contributed by atoms with E-state index in [0.717, 1.165) is 11.8 Å². The molecule has 1 atom stereocenters. The lowest BCUT2D eigenvalue weighted by Gasteiger charge is -2.08. The van der Waals surface area contributed by atoms with Gasteiger partial charge in [0, 0.05) is 6.20 Å². The molecule has 1 N–H and O–H groups in total. The largest absolute Gasteiger partial charge is 0.443 e. The molecule has 1 aromatic heterocycles. The molecule has 0 aliphatic rings. The maximum absolute atomic E-state index is 12.4. The SMILES string of the molecule is Cc1cccc(C(O)c2cnc(C(F)(F)F)s2)c1. The van der Waals surface area contributed by atoms with E-state index in [1.54, 1.807) is 18.2 Å². The lowest BCUT2D eigenvalue weighted by atomic mass is 10.1. The normalized spacial score (nSPS) is 13.6. The Morgan fingerprint density at radius 2 is 2.06 bits per heavy atom. The fraction of sp³-hybridized carbons (Fsp3) is 0.250. The number of aryl methyl sites for hydroxylation is 1. The Kier molecular flexibility index (Phi) is 3.41. The number of rotatable bonds is 2. The number of halogens is 3. The van der Waals surface area contributed by atoms with Crippen LogP contribution in [0.25, 0.3) is 0 Å². The van der Waals surface area contributed by atoms with Crippen molar-refractivity contribution in [2.45, 2.75) is 19.2 Å². The standard InChI is InChI=1S/C12H10F3NOS/c1-7-3-2-4-8(5-7)10(17)9-6-16-11(18-9)12(13,14)15/h2-6,10,17H,1H3. The minimum atomic E-state index is -4.46. The monoisotopic (exact) mass is 273 g/mol. The van der Waals surface area contributed by atoms with E-state index in [1.165, 1.54) is 0 Å². The summed E-state index contributed by atoms with van der Waals surface area (Å²) in [4.78, 5) is 3.48. The summed E-state index contributed by atoms with van der Waals surface area (Å²) >= 11 is 0.463. The summed E-state index contributed by atoms with van der Waals surface area (Å²) < 4.78 is 37.2. The van der Waals surface area contributed by atoms with Gasteiger partial charge in [0.15, 0.2) is 5.01 Å². The topological polar surface area (TPSA) is 33.1 Å². The molecule has 1 heterocycles. The molecule has 0 saturated heterocycles. The fourth-order valence-electron chi connectivity index (χ4n) is 1.55. The number of aliphatic hydroxyl groups is 1. The first-order valence-electron chi connectivity index (χ1n) is 5.15. The smallest absolute Gasteiger partial charge is 0.383 e. The van der Waals surface area contributed by atoms with Crippen molar-refractivity contribution in [2.24, 2.45) is 0 Å². The van der Waals surface area contributed by atoms with Crippen molar-refractivity contribution < 1.29 is 18.3 Å². The number of hydrogen-bond donors (Lipinski definition) is 1. The first kappa shape index (κ1) is 13.0. The zero-order chi connectivity index (χ0) is 13.3. The van der Waals surface area contributed by atoms with Crippen molar-refractivity contribution in [2.75, 3.05) is 0 Å². The second-order valence-corrected chi connectivity index (χ2v) is 4.94. The Hall–Kier alpha value is -1.40. The van der Waals surface area contributed by atoms with E-state index < -0.39 is 17.3 Å². The molecular weight excluding hydrogens is 263 g/mol. The highest BCUT2D eigenvalue weighted by molar-refractivity contribution is 7.11. The number of thiazole rings is 1. The third-order valence-electron chi connectivity index (χ3n) is 2.39. The van der Waals surface area contributed by atoms with Crippen molar-refractivity contribution in [1.29, 1.82) is 0 Å². The van der Waals surface area contributed by atoms with Crippen LogP contribution in [0, 0.1) is 6.92 Å². The molecule has 0 saturated carbocycles. The summed E-state index contributed by atoms with van der Waals surface area (Å²) in [5, 5.41) is 9.06. The van der Waals surface area contributed by atoms with Crippen LogP contribution in [0.1, 0.15) is 27.1 Å². The second kappa shape index (κ2) is 4.70. The van der Waals surface area contributed by atoms with E-state index in [9.17, 15) is 18.3 Å². The molecule has 2 aromatic rings. The van der Waals surface area contributed by atoms with Gasteiger partial charge in [-0.25, -0.2) is 4.98 Å². The van der Waals surface area contributed by atoms with Gasteiger partial charge in [-0.2, -0.15) is 13.2 Å². The molecule has 0 radical (unpaired) electrons. The van der Waals surface area contributed by atoms with Crippen LogP contribution in [0.4, 0.5) is 13.2 Å². The fourth-order valence-corrected chi connectivity index (χ4v) is 2.35. The van der Waals surface area contributed by atoms with Gasteiger partial charge in [0.2, 0.25) is 0 Å². The van der Waals surface area contributed by atoms with Gasteiger partial charge in [-0.1, -0.05) is 29.8 Å². The van der Waals surface area contributed by atoms with Gasteiger partial charge in [-0.05, 0) is 12.5 Å². The molecule has 0 spiro atoms. The first-order valence-corrected chi connectivity index (χ1v) is 5.97. The minimum Gasteiger partial charge on any atom is -0.383 e. The van der Waals surface area contributed by atoms with E-state index in [2.05, 4.69) is 4.98 Å². The molecule has 1 unspecified atom stereocenters. The minimum absolute atomic E-state index is 0.188. The third kappa shape index (κ3) is 2.70. The molecule has 0 aliphatic carbocycles. The highest BCUT2D eigenvalue weighted by Gasteiger charge is 2.35. The molecule has 6 heteroatoms. The second-order valence-electron chi connectivity index (χ2n) is 3.88. The highest BCUT2D eigenvalue weighted by Crippen LogP contribution is 2.35.